The maximum Gasteiger partial charge on any atom is 0.0412 e. The van der Waals surface area contributed by atoms with Crippen molar-refractivity contribution >= 4 is 0 Å². The van der Waals surface area contributed by atoms with E-state index in [1.807, 2.05) is 0 Å². The lowest BCUT2D eigenvalue weighted by Crippen LogP contribution is -1.72. The Balaban J connectivity index is 2.93. The first kappa shape index (κ1) is 5.18. The molecule has 0 saturated heterocycles. The summed E-state index contributed by atoms with van der Waals surface area (Å²) in [4.78, 5) is 0. The Hall–Kier alpha value is -0.960. The number of allylic oxidation sites excluding steroid dienone is 4. The summed E-state index contributed by atoms with van der Waals surface area (Å²) in [6.45, 7) is 2.07. The molecule has 0 nitrogen and oxygen atoms in total. The van der Waals surface area contributed by atoms with Crippen LogP contribution < -0.4 is 0 Å². The highest BCUT2D eigenvalue weighted by Gasteiger charge is 1.84. The van der Waals surface area contributed by atoms with E-state index in [4.69, 9.17) is 0 Å². The van der Waals surface area contributed by atoms with E-state index in [0.717, 1.165) is 12.0 Å². The van der Waals surface area contributed by atoms with Crippen LogP contribution in [-0.4, -0.2) is 0 Å². The first-order valence-corrected chi connectivity index (χ1v) is 2.64. The lowest BCUT2D eigenvalue weighted by Gasteiger charge is -1.87. The van der Waals surface area contributed by atoms with Crippen LogP contribution >= 0.6 is 0 Å². The minimum absolute atomic E-state index is 0.977. The Morgan fingerprint density at radius 1 is 1.62 bits per heavy atom. The van der Waals surface area contributed by atoms with E-state index in [9.17, 15) is 0 Å². The summed E-state index contributed by atoms with van der Waals surface area (Å²) in [5, 5.41) is 0. The third-order valence-electron chi connectivity index (χ3n) is 0.958. The van der Waals surface area contributed by atoms with E-state index in [-0.39, 0.29) is 0 Å². The molecule has 0 saturated carbocycles. The fraction of sp³-hybridized carbons (Fsp3) is 0.250. The van der Waals surface area contributed by atoms with Gasteiger partial charge in [-0.25, -0.2) is 0 Å². The highest BCUT2D eigenvalue weighted by Crippen LogP contribution is 1.99. The Morgan fingerprint density at radius 3 is 2.88 bits per heavy atom. The van der Waals surface area contributed by atoms with Gasteiger partial charge in [0.25, 0.3) is 0 Å². The maximum absolute atomic E-state index is 2.98. The van der Waals surface area contributed by atoms with Crippen LogP contribution in [0.5, 0.6) is 0 Å². The summed E-state index contributed by atoms with van der Waals surface area (Å²) in [5.41, 5.74) is 6.69. The van der Waals surface area contributed by atoms with E-state index in [1.54, 1.807) is 6.08 Å². The van der Waals surface area contributed by atoms with Crippen molar-refractivity contribution in [1.82, 2.24) is 0 Å². The largest absolute Gasteiger partial charge is 0.0654 e. The molecular formula is C8H6. The summed E-state index contributed by atoms with van der Waals surface area (Å²) in [6, 6.07) is 0. The number of rotatable bonds is 1. The second-order valence-corrected chi connectivity index (χ2v) is 1.52. The van der Waals surface area contributed by atoms with Gasteiger partial charge in [-0.2, -0.15) is 0 Å². The lowest BCUT2D eigenvalue weighted by atomic mass is 10.2. The van der Waals surface area contributed by atoms with Crippen molar-refractivity contribution in [1.29, 1.82) is 0 Å². The van der Waals surface area contributed by atoms with E-state index < -0.39 is 0 Å². The molecule has 38 valence electrons. The summed E-state index contributed by atoms with van der Waals surface area (Å²) >= 11 is 0. The van der Waals surface area contributed by atoms with Crippen LogP contribution in [0.4, 0.5) is 0 Å². The van der Waals surface area contributed by atoms with Gasteiger partial charge >= 0.3 is 0 Å². The Labute approximate surface area is 49.5 Å². The zero-order valence-electron chi connectivity index (χ0n) is 4.78. The zero-order valence-corrected chi connectivity index (χ0v) is 4.78. The second-order valence-electron chi connectivity index (χ2n) is 1.52. The van der Waals surface area contributed by atoms with Gasteiger partial charge in [-0.3, -0.25) is 0 Å². The minimum Gasteiger partial charge on any atom is -0.0654 e. The summed E-state index contributed by atoms with van der Waals surface area (Å²) in [6.07, 6.45) is 8.42. The first-order valence-electron chi connectivity index (χ1n) is 2.64. The van der Waals surface area contributed by atoms with Gasteiger partial charge in [0, 0.05) is 11.6 Å². The molecule has 8 heavy (non-hydrogen) atoms. The Kier molecular flexibility index (Phi) is 1.54. The van der Waals surface area contributed by atoms with Crippen LogP contribution in [0.2, 0.25) is 0 Å². The van der Waals surface area contributed by atoms with Gasteiger partial charge in [-0.1, -0.05) is 18.4 Å². The Bertz CT molecular complexity index is 194. The van der Waals surface area contributed by atoms with E-state index in [0.29, 0.717) is 0 Å². The molecule has 0 aromatic rings. The molecule has 0 unspecified atom stereocenters. The van der Waals surface area contributed by atoms with Crippen molar-refractivity contribution in [3.05, 3.63) is 35.3 Å². The van der Waals surface area contributed by atoms with Crippen LogP contribution in [0.1, 0.15) is 13.3 Å². The maximum atomic E-state index is 2.98. The third-order valence-corrected chi connectivity index (χ3v) is 0.958. The molecule has 0 spiro atoms. The molecule has 0 amide bonds. The highest BCUT2D eigenvalue weighted by molar-refractivity contribution is 5.17. The summed E-state index contributed by atoms with van der Waals surface area (Å²) < 4.78 is 0. The quantitative estimate of drug-likeness (QED) is 0.443. The summed E-state index contributed by atoms with van der Waals surface area (Å²) in [7, 11) is 0. The molecule has 1 aliphatic rings. The second kappa shape index (κ2) is 2.37. The first-order chi connectivity index (χ1) is 3.93. The molecule has 1 rings (SSSR count). The van der Waals surface area contributed by atoms with Gasteiger partial charge in [-0.05, 0) is 18.6 Å². The molecule has 0 aromatic heterocycles. The fourth-order valence-electron chi connectivity index (χ4n) is 0.497. The molecule has 0 bridgehead atoms. The van der Waals surface area contributed by atoms with Crippen molar-refractivity contribution in [3.8, 4) is 0 Å². The van der Waals surface area contributed by atoms with Gasteiger partial charge in [-0.15, -0.1) is 0 Å². The monoisotopic (exact) mass is 102 g/mol. The standard InChI is InChI=1S/C8H6/c1-2-8-6-4-3-5-7-8/h4H,2H2,1H3. The molecule has 0 N–H and O–H groups in total. The average molecular weight is 102 g/mol. The topological polar surface area (TPSA) is 0 Å². The molecule has 1 aliphatic carbocycles. The van der Waals surface area contributed by atoms with E-state index >= 15 is 0 Å². The van der Waals surface area contributed by atoms with E-state index in [1.165, 1.54) is 0 Å². The van der Waals surface area contributed by atoms with Crippen LogP contribution in [0.25, 0.3) is 0 Å². The molecule has 0 heteroatoms. The SMILES string of the molecule is CCC1=C=C=[C]C=[C]1. The van der Waals surface area contributed by atoms with Crippen molar-refractivity contribution in [2.45, 2.75) is 13.3 Å². The van der Waals surface area contributed by atoms with Gasteiger partial charge in [0.15, 0.2) is 0 Å². The van der Waals surface area contributed by atoms with Gasteiger partial charge in [0.1, 0.15) is 0 Å². The molecule has 0 atom stereocenters. The normalized spacial score (nSPS) is 14.4. The molecule has 0 aromatic carbocycles. The van der Waals surface area contributed by atoms with Crippen molar-refractivity contribution in [3.63, 3.8) is 0 Å². The fourth-order valence-corrected chi connectivity index (χ4v) is 0.497. The predicted molar refractivity (Wildman–Crippen MR) is 31.9 cm³/mol. The molecule has 0 aliphatic heterocycles. The predicted octanol–water partition coefficient (Wildman–Crippen LogP) is 1.81. The number of hydrogen-bond acceptors (Lipinski definition) is 0. The third kappa shape index (κ3) is 1.01. The zero-order chi connectivity index (χ0) is 5.82. The lowest BCUT2D eigenvalue weighted by molar-refractivity contribution is 1.14. The Morgan fingerprint density at radius 2 is 2.50 bits per heavy atom. The smallest absolute Gasteiger partial charge is 0.0412 e. The number of hydrogen-bond donors (Lipinski definition) is 0. The highest BCUT2D eigenvalue weighted by atomic mass is 13.9. The van der Waals surface area contributed by atoms with Crippen LogP contribution in [0, 0.1) is 12.2 Å². The van der Waals surface area contributed by atoms with Crippen LogP contribution in [0.3, 0.4) is 0 Å². The van der Waals surface area contributed by atoms with E-state index in [2.05, 4.69) is 30.5 Å². The van der Waals surface area contributed by atoms with Gasteiger partial charge in [0.2, 0.25) is 0 Å². The average Bonchev–Trinajstić information content (AvgIpc) is 1.90. The minimum atomic E-state index is 0.977. The molecular weight excluding hydrogens is 96.1 g/mol. The molecule has 2 radical (unpaired) electrons. The molecule has 0 heterocycles. The van der Waals surface area contributed by atoms with Crippen molar-refractivity contribution in [2.75, 3.05) is 0 Å². The summed E-state index contributed by atoms with van der Waals surface area (Å²) in [5.74, 6) is 0. The van der Waals surface area contributed by atoms with Gasteiger partial charge < -0.3 is 0 Å². The van der Waals surface area contributed by atoms with Gasteiger partial charge in [0.05, 0.1) is 0 Å². The van der Waals surface area contributed by atoms with Crippen molar-refractivity contribution < 1.29 is 0 Å². The van der Waals surface area contributed by atoms with Crippen molar-refractivity contribution in [2.24, 2.45) is 0 Å². The van der Waals surface area contributed by atoms with Crippen LogP contribution in [-0.2, 0) is 0 Å². The molecule has 0 fully saturated rings. The van der Waals surface area contributed by atoms with Crippen LogP contribution in [0.15, 0.2) is 23.1 Å².